The molecule has 0 aromatic heterocycles. The van der Waals surface area contributed by atoms with Gasteiger partial charge in [0.15, 0.2) is 0 Å². The highest BCUT2D eigenvalue weighted by atomic mass is 35.5. The molecule has 0 spiro atoms. The fourth-order valence-electron chi connectivity index (χ4n) is 1.07. The van der Waals surface area contributed by atoms with Gasteiger partial charge >= 0.3 is 0 Å². The molecule has 0 rings (SSSR count). The fraction of sp³-hybridized carbons (Fsp3) is 0.778. The first-order valence-corrected chi connectivity index (χ1v) is 4.89. The van der Waals surface area contributed by atoms with Crippen molar-refractivity contribution in [1.82, 2.24) is 4.90 Å². The molecule has 0 bridgehead atoms. The molecular weight excluding hydrogens is 188 g/mol. The second kappa shape index (κ2) is 6.73. The van der Waals surface area contributed by atoms with E-state index < -0.39 is 0 Å². The van der Waals surface area contributed by atoms with Crippen molar-refractivity contribution in [2.75, 3.05) is 12.4 Å². The number of amides is 1. The molecule has 0 unspecified atom stereocenters. The van der Waals surface area contributed by atoms with Crippen LogP contribution >= 0.6 is 11.6 Å². The van der Waals surface area contributed by atoms with E-state index in [1.165, 1.54) is 0 Å². The smallest absolute Gasteiger partial charge is 0.224 e. The Balaban J connectivity index is 4.09. The quantitative estimate of drug-likeness (QED) is 0.638. The van der Waals surface area contributed by atoms with E-state index in [4.69, 9.17) is 16.9 Å². The van der Waals surface area contributed by atoms with Gasteiger partial charge in [0.25, 0.3) is 0 Å². The predicted octanol–water partition coefficient (Wildman–Crippen LogP) is 1.77. The van der Waals surface area contributed by atoms with E-state index in [1.807, 2.05) is 19.9 Å². The lowest BCUT2D eigenvalue weighted by Crippen LogP contribution is -2.37. The van der Waals surface area contributed by atoms with Gasteiger partial charge in [-0.25, -0.2) is 0 Å². The summed E-state index contributed by atoms with van der Waals surface area (Å²) in [5.74, 6) is 0.370. The highest BCUT2D eigenvalue weighted by Gasteiger charge is 2.15. The summed E-state index contributed by atoms with van der Waals surface area (Å²) < 4.78 is 0. The van der Waals surface area contributed by atoms with E-state index in [2.05, 4.69) is 0 Å². The summed E-state index contributed by atoms with van der Waals surface area (Å²) in [6.07, 6.45) is 0.734. The summed E-state index contributed by atoms with van der Waals surface area (Å²) in [5, 5.41) is 8.39. The van der Waals surface area contributed by atoms with Crippen molar-refractivity contribution < 1.29 is 4.79 Å². The highest BCUT2D eigenvalue weighted by molar-refractivity contribution is 6.18. The lowest BCUT2D eigenvalue weighted by atomic mass is 10.2. The third-order valence-corrected chi connectivity index (χ3v) is 1.91. The number of hydrogen-bond donors (Lipinski definition) is 0. The maximum Gasteiger partial charge on any atom is 0.224 e. The monoisotopic (exact) mass is 202 g/mol. The normalized spacial score (nSPS) is 9.77. The Morgan fingerprint density at radius 2 is 2.23 bits per heavy atom. The molecule has 0 atom stereocenters. The first kappa shape index (κ1) is 12.2. The zero-order valence-electron chi connectivity index (χ0n) is 8.09. The molecule has 0 saturated carbocycles. The van der Waals surface area contributed by atoms with Crippen LogP contribution in [0.5, 0.6) is 0 Å². The molecular formula is C9H15ClN2O. The van der Waals surface area contributed by atoms with E-state index in [0.717, 1.165) is 0 Å². The van der Waals surface area contributed by atoms with E-state index in [9.17, 15) is 4.79 Å². The third kappa shape index (κ3) is 4.74. The number of carbonyl (C=O) groups is 1. The molecule has 0 aromatic carbocycles. The van der Waals surface area contributed by atoms with Crippen LogP contribution in [0.15, 0.2) is 0 Å². The van der Waals surface area contributed by atoms with Gasteiger partial charge in [0.2, 0.25) is 5.91 Å². The molecule has 0 heterocycles. The number of nitriles is 1. The Morgan fingerprint density at radius 3 is 2.62 bits per heavy atom. The second-order valence-corrected chi connectivity index (χ2v) is 3.41. The van der Waals surface area contributed by atoms with Gasteiger partial charge in [-0.3, -0.25) is 4.79 Å². The van der Waals surface area contributed by atoms with Crippen molar-refractivity contribution in [3.05, 3.63) is 0 Å². The Labute approximate surface area is 84.3 Å². The molecule has 0 aliphatic heterocycles. The van der Waals surface area contributed by atoms with Crippen molar-refractivity contribution in [2.45, 2.75) is 32.7 Å². The van der Waals surface area contributed by atoms with Crippen LogP contribution in [-0.2, 0) is 4.79 Å². The highest BCUT2D eigenvalue weighted by Crippen LogP contribution is 2.03. The third-order valence-electron chi connectivity index (χ3n) is 1.72. The van der Waals surface area contributed by atoms with Gasteiger partial charge in [-0.05, 0) is 13.8 Å². The molecule has 0 aliphatic rings. The maximum atomic E-state index is 11.4. The number of alkyl halides is 1. The van der Waals surface area contributed by atoms with Crippen LogP contribution in [-0.4, -0.2) is 29.3 Å². The van der Waals surface area contributed by atoms with Gasteiger partial charge in [-0.15, -0.1) is 11.6 Å². The van der Waals surface area contributed by atoms with E-state index in [0.29, 0.717) is 25.3 Å². The number of hydrogen-bond acceptors (Lipinski definition) is 2. The average Bonchev–Trinajstić information content (AvgIpc) is 2.05. The van der Waals surface area contributed by atoms with Crippen molar-refractivity contribution in [3.63, 3.8) is 0 Å². The van der Waals surface area contributed by atoms with Gasteiger partial charge in [-0.1, -0.05) is 0 Å². The topological polar surface area (TPSA) is 44.1 Å². The molecule has 0 aliphatic carbocycles. The van der Waals surface area contributed by atoms with E-state index >= 15 is 0 Å². The van der Waals surface area contributed by atoms with Crippen molar-refractivity contribution in [1.29, 1.82) is 5.26 Å². The molecule has 0 fully saturated rings. The van der Waals surface area contributed by atoms with Crippen LogP contribution in [0.25, 0.3) is 0 Å². The molecule has 74 valence electrons. The van der Waals surface area contributed by atoms with E-state index in [1.54, 1.807) is 4.90 Å². The van der Waals surface area contributed by atoms with Crippen LogP contribution in [0, 0.1) is 11.3 Å². The Kier molecular flexibility index (Phi) is 6.34. The van der Waals surface area contributed by atoms with Crippen LogP contribution < -0.4 is 0 Å². The number of carbonyl (C=O) groups excluding carboxylic acids is 1. The minimum atomic E-state index is 0.0280. The fourth-order valence-corrected chi connectivity index (χ4v) is 1.23. The SMILES string of the molecule is CC(C)N(CCC#N)C(=O)CCCl. The number of rotatable bonds is 5. The standard InChI is InChI=1S/C9H15ClN2O/c1-8(2)12(7-3-6-11)9(13)4-5-10/h8H,3-5,7H2,1-2H3. The summed E-state index contributed by atoms with van der Waals surface area (Å²) in [5.41, 5.74) is 0. The predicted molar refractivity (Wildman–Crippen MR) is 52.4 cm³/mol. The first-order valence-electron chi connectivity index (χ1n) is 4.35. The maximum absolute atomic E-state index is 11.4. The van der Waals surface area contributed by atoms with Crippen molar-refractivity contribution in [3.8, 4) is 6.07 Å². The summed E-state index contributed by atoms with van der Waals surface area (Å²) in [6.45, 7) is 4.37. The van der Waals surface area contributed by atoms with E-state index in [-0.39, 0.29) is 11.9 Å². The molecule has 0 radical (unpaired) electrons. The van der Waals surface area contributed by atoms with Crippen LogP contribution in [0.1, 0.15) is 26.7 Å². The Bertz CT molecular complexity index is 198. The first-order chi connectivity index (χ1) is 6.13. The average molecular weight is 203 g/mol. The molecule has 3 nitrogen and oxygen atoms in total. The lowest BCUT2D eigenvalue weighted by molar-refractivity contribution is -0.132. The Hall–Kier alpha value is -0.750. The molecule has 4 heteroatoms. The summed E-state index contributed by atoms with van der Waals surface area (Å²) in [6, 6.07) is 2.17. The minimum Gasteiger partial charge on any atom is -0.339 e. The second-order valence-electron chi connectivity index (χ2n) is 3.03. The molecule has 0 aromatic rings. The van der Waals surface area contributed by atoms with Gasteiger partial charge < -0.3 is 4.90 Å². The van der Waals surface area contributed by atoms with Gasteiger partial charge in [0.1, 0.15) is 0 Å². The van der Waals surface area contributed by atoms with Crippen molar-refractivity contribution in [2.24, 2.45) is 0 Å². The number of nitrogens with zero attached hydrogens (tertiary/aromatic N) is 2. The minimum absolute atomic E-state index is 0.0280. The van der Waals surface area contributed by atoms with Gasteiger partial charge in [-0.2, -0.15) is 5.26 Å². The summed E-state index contributed by atoms with van der Waals surface area (Å²) in [7, 11) is 0. The number of halogens is 1. The Morgan fingerprint density at radius 1 is 1.62 bits per heavy atom. The molecule has 1 amide bonds. The molecule has 0 saturated heterocycles. The summed E-state index contributed by atoms with van der Waals surface area (Å²) in [4.78, 5) is 13.1. The zero-order chi connectivity index (χ0) is 10.3. The lowest BCUT2D eigenvalue weighted by Gasteiger charge is -2.25. The molecule has 0 N–H and O–H groups in total. The molecule has 13 heavy (non-hydrogen) atoms. The summed E-state index contributed by atoms with van der Waals surface area (Å²) >= 11 is 5.47. The van der Waals surface area contributed by atoms with Crippen molar-refractivity contribution >= 4 is 17.5 Å². The van der Waals surface area contributed by atoms with Gasteiger partial charge in [0.05, 0.1) is 12.5 Å². The zero-order valence-corrected chi connectivity index (χ0v) is 8.84. The van der Waals surface area contributed by atoms with Crippen LogP contribution in [0.4, 0.5) is 0 Å². The van der Waals surface area contributed by atoms with Gasteiger partial charge in [0, 0.05) is 24.9 Å². The largest absolute Gasteiger partial charge is 0.339 e. The van der Waals surface area contributed by atoms with Crippen LogP contribution in [0.3, 0.4) is 0 Å². The van der Waals surface area contributed by atoms with Crippen LogP contribution in [0.2, 0.25) is 0 Å².